The van der Waals surface area contributed by atoms with Crippen LogP contribution in [0.5, 0.6) is 5.75 Å². The van der Waals surface area contributed by atoms with E-state index in [1.165, 1.54) is 28.9 Å². The van der Waals surface area contributed by atoms with Gasteiger partial charge in [-0.25, -0.2) is 4.98 Å². The van der Waals surface area contributed by atoms with E-state index in [4.69, 9.17) is 5.73 Å². The number of nitrogens with two attached hydrogens (primary N) is 1. The standard InChI is InChI=1S/C18H17N5O3/c1-22-16-12(14(24)13(15(19)25)17(22)26)8-20-18(21-16)23-7-6-10-4-2-3-5-11(10)9-23/h2-5,8,24H,6-7,9H2,1H3,(H2,19,25). The summed E-state index contributed by atoms with van der Waals surface area (Å²) < 4.78 is 1.21. The van der Waals surface area contributed by atoms with Crippen LogP contribution in [-0.4, -0.2) is 32.1 Å². The first-order valence-corrected chi connectivity index (χ1v) is 8.17. The van der Waals surface area contributed by atoms with Gasteiger partial charge in [-0.05, 0) is 17.5 Å². The number of aromatic hydroxyl groups is 1. The van der Waals surface area contributed by atoms with Gasteiger partial charge in [-0.1, -0.05) is 24.3 Å². The average Bonchev–Trinajstić information content (AvgIpc) is 2.65. The zero-order valence-corrected chi connectivity index (χ0v) is 14.1. The van der Waals surface area contributed by atoms with E-state index in [9.17, 15) is 14.7 Å². The van der Waals surface area contributed by atoms with Gasteiger partial charge in [0.15, 0.2) is 5.65 Å². The maximum atomic E-state index is 12.3. The number of primary amides is 1. The van der Waals surface area contributed by atoms with Crippen molar-refractivity contribution >= 4 is 22.9 Å². The summed E-state index contributed by atoms with van der Waals surface area (Å²) in [5.74, 6) is -0.999. The Hall–Kier alpha value is -3.42. The third-order valence-corrected chi connectivity index (χ3v) is 4.74. The Labute approximate surface area is 148 Å². The Bertz CT molecular complexity index is 1110. The minimum atomic E-state index is -0.985. The van der Waals surface area contributed by atoms with Crippen LogP contribution in [0.2, 0.25) is 0 Å². The van der Waals surface area contributed by atoms with Crippen LogP contribution in [-0.2, 0) is 20.0 Å². The predicted molar refractivity (Wildman–Crippen MR) is 96.2 cm³/mol. The molecule has 3 heterocycles. The molecule has 2 aromatic heterocycles. The van der Waals surface area contributed by atoms with Crippen LogP contribution in [0.1, 0.15) is 21.5 Å². The van der Waals surface area contributed by atoms with E-state index in [2.05, 4.69) is 22.1 Å². The number of anilines is 1. The fourth-order valence-corrected chi connectivity index (χ4v) is 3.33. The second-order valence-electron chi connectivity index (χ2n) is 6.30. The Morgan fingerprint density at radius 1 is 1.27 bits per heavy atom. The molecule has 8 nitrogen and oxygen atoms in total. The summed E-state index contributed by atoms with van der Waals surface area (Å²) in [5, 5.41) is 10.5. The van der Waals surface area contributed by atoms with Crippen LogP contribution in [0.15, 0.2) is 35.3 Å². The van der Waals surface area contributed by atoms with E-state index in [0.29, 0.717) is 12.5 Å². The Morgan fingerprint density at radius 3 is 2.73 bits per heavy atom. The molecule has 132 valence electrons. The average molecular weight is 351 g/mol. The zero-order chi connectivity index (χ0) is 18.4. The summed E-state index contributed by atoms with van der Waals surface area (Å²) in [4.78, 5) is 34.6. The van der Waals surface area contributed by atoms with Gasteiger partial charge in [0.1, 0.15) is 11.3 Å². The molecule has 8 heteroatoms. The minimum absolute atomic E-state index is 0.210. The van der Waals surface area contributed by atoms with Crippen molar-refractivity contribution < 1.29 is 9.90 Å². The number of amides is 1. The van der Waals surface area contributed by atoms with E-state index in [0.717, 1.165) is 13.0 Å². The SMILES string of the molecule is Cn1c(=O)c(C(N)=O)c(O)c2cnc(N3CCc4ccccc4C3)nc21. The zero-order valence-electron chi connectivity index (χ0n) is 14.1. The molecule has 3 N–H and O–H groups in total. The number of hydrogen-bond acceptors (Lipinski definition) is 6. The van der Waals surface area contributed by atoms with E-state index in [1.807, 2.05) is 17.0 Å². The van der Waals surface area contributed by atoms with Crippen LogP contribution in [0.4, 0.5) is 5.95 Å². The van der Waals surface area contributed by atoms with Gasteiger partial charge in [0, 0.05) is 26.3 Å². The van der Waals surface area contributed by atoms with Gasteiger partial charge in [-0.3, -0.25) is 14.2 Å². The number of hydrogen-bond donors (Lipinski definition) is 2. The van der Waals surface area contributed by atoms with Gasteiger partial charge in [0.25, 0.3) is 11.5 Å². The molecule has 1 amide bonds. The molecule has 0 fully saturated rings. The van der Waals surface area contributed by atoms with Crippen molar-refractivity contribution in [1.82, 2.24) is 14.5 Å². The third kappa shape index (κ3) is 2.38. The summed E-state index contributed by atoms with van der Waals surface area (Å²) in [6, 6.07) is 8.21. The van der Waals surface area contributed by atoms with Crippen LogP contribution in [0, 0.1) is 0 Å². The first kappa shape index (κ1) is 16.1. The van der Waals surface area contributed by atoms with Crippen LogP contribution >= 0.6 is 0 Å². The lowest BCUT2D eigenvalue weighted by atomic mass is 10.0. The van der Waals surface area contributed by atoms with Crippen LogP contribution in [0.3, 0.4) is 0 Å². The van der Waals surface area contributed by atoms with Crippen molar-refractivity contribution in [3.8, 4) is 5.75 Å². The van der Waals surface area contributed by atoms with E-state index >= 15 is 0 Å². The molecule has 0 spiro atoms. The van der Waals surface area contributed by atoms with Gasteiger partial charge in [0.2, 0.25) is 5.95 Å². The van der Waals surface area contributed by atoms with E-state index in [-0.39, 0.29) is 11.0 Å². The first-order chi connectivity index (χ1) is 12.5. The molecule has 26 heavy (non-hydrogen) atoms. The van der Waals surface area contributed by atoms with Crippen molar-refractivity contribution in [3.05, 3.63) is 57.5 Å². The molecule has 0 bridgehead atoms. The van der Waals surface area contributed by atoms with Gasteiger partial charge in [-0.2, -0.15) is 4.98 Å². The summed E-state index contributed by atoms with van der Waals surface area (Å²) in [6.07, 6.45) is 2.29. The highest BCUT2D eigenvalue weighted by atomic mass is 16.3. The lowest BCUT2D eigenvalue weighted by Crippen LogP contribution is -2.32. The number of nitrogens with zero attached hydrogens (tertiary/aromatic N) is 4. The quantitative estimate of drug-likeness (QED) is 0.702. The first-order valence-electron chi connectivity index (χ1n) is 8.17. The molecular formula is C18H17N5O3. The highest BCUT2D eigenvalue weighted by Crippen LogP contribution is 2.27. The molecular weight excluding hydrogens is 334 g/mol. The topological polar surface area (TPSA) is 114 Å². The molecule has 0 radical (unpaired) electrons. The van der Waals surface area contributed by atoms with Crippen LogP contribution < -0.4 is 16.2 Å². The van der Waals surface area contributed by atoms with Gasteiger partial charge in [-0.15, -0.1) is 0 Å². The molecule has 1 aromatic carbocycles. The van der Waals surface area contributed by atoms with E-state index in [1.54, 1.807) is 0 Å². The number of fused-ring (bicyclic) bond motifs is 2. The van der Waals surface area contributed by atoms with Crippen molar-refractivity contribution in [2.24, 2.45) is 12.8 Å². The number of carbonyl (C=O) groups excluding carboxylic acids is 1. The normalized spacial score (nSPS) is 13.7. The molecule has 0 saturated carbocycles. The van der Waals surface area contributed by atoms with Crippen molar-refractivity contribution in [2.45, 2.75) is 13.0 Å². The number of pyridine rings is 1. The summed E-state index contributed by atoms with van der Waals surface area (Å²) in [5.41, 5.74) is 6.84. The molecule has 0 atom stereocenters. The fraction of sp³-hybridized carbons (Fsp3) is 0.222. The fourth-order valence-electron chi connectivity index (χ4n) is 3.33. The molecule has 4 rings (SSSR count). The van der Waals surface area contributed by atoms with E-state index < -0.39 is 22.8 Å². The number of aryl methyl sites for hydroxylation is 1. The van der Waals surface area contributed by atoms with Gasteiger partial charge >= 0.3 is 0 Å². The molecule has 1 aliphatic heterocycles. The minimum Gasteiger partial charge on any atom is -0.506 e. The predicted octanol–water partition coefficient (Wildman–Crippen LogP) is 0.696. The number of rotatable bonds is 2. The largest absolute Gasteiger partial charge is 0.506 e. The van der Waals surface area contributed by atoms with Crippen molar-refractivity contribution in [3.63, 3.8) is 0 Å². The van der Waals surface area contributed by atoms with Crippen molar-refractivity contribution in [1.29, 1.82) is 0 Å². The third-order valence-electron chi connectivity index (χ3n) is 4.74. The number of carbonyl (C=O) groups is 1. The number of aromatic nitrogens is 3. The summed E-state index contributed by atoms with van der Waals surface area (Å²) >= 11 is 0. The Kier molecular flexibility index (Phi) is 3.61. The molecule has 3 aromatic rings. The molecule has 0 unspecified atom stereocenters. The van der Waals surface area contributed by atoms with Gasteiger partial charge < -0.3 is 15.7 Å². The van der Waals surface area contributed by atoms with Crippen LogP contribution in [0.25, 0.3) is 11.0 Å². The second kappa shape index (κ2) is 5.83. The smallest absolute Gasteiger partial charge is 0.268 e. The summed E-state index contributed by atoms with van der Waals surface area (Å²) in [7, 11) is 1.48. The molecule has 0 aliphatic carbocycles. The van der Waals surface area contributed by atoms with Crippen molar-refractivity contribution in [2.75, 3.05) is 11.4 Å². The molecule has 0 saturated heterocycles. The van der Waals surface area contributed by atoms with Gasteiger partial charge in [0.05, 0.1) is 5.39 Å². The Morgan fingerprint density at radius 2 is 2.00 bits per heavy atom. The maximum absolute atomic E-state index is 12.3. The summed E-state index contributed by atoms with van der Waals surface area (Å²) in [6.45, 7) is 1.42. The lowest BCUT2D eigenvalue weighted by molar-refractivity contribution is 0.0996. The monoisotopic (exact) mass is 351 g/mol. The Balaban J connectivity index is 1.82. The highest BCUT2D eigenvalue weighted by molar-refractivity contribution is 6.00. The maximum Gasteiger partial charge on any atom is 0.268 e. The highest BCUT2D eigenvalue weighted by Gasteiger charge is 2.23. The lowest BCUT2D eigenvalue weighted by Gasteiger charge is -2.29. The molecule has 1 aliphatic rings. The second-order valence-corrected chi connectivity index (χ2v) is 6.30. The number of benzene rings is 1.